The van der Waals surface area contributed by atoms with Crippen LogP contribution in [-0.4, -0.2) is 30.3 Å². The van der Waals surface area contributed by atoms with Crippen molar-refractivity contribution in [2.75, 3.05) is 6.61 Å². The van der Waals surface area contributed by atoms with Gasteiger partial charge >= 0.3 is 5.97 Å². The lowest BCUT2D eigenvalue weighted by atomic mass is 10.2. The minimum absolute atomic E-state index is 0.193. The average Bonchev–Trinajstić information content (AvgIpc) is 2.29. The number of hydrogen-bond donors (Lipinski definition) is 1. The standard InChI is InChI=1S/C11H12O5/c1-2-15-11(10(13)14)16-9-6-4-3-5-8(9)7-12/h3-7,11H,2H2,1H3,(H,13,14). The van der Waals surface area contributed by atoms with Crippen LogP contribution in [0.5, 0.6) is 5.75 Å². The van der Waals surface area contributed by atoms with Crippen molar-refractivity contribution in [3.05, 3.63) is 29.8 Å². The van der Waals surface area contributed by atoms with Crippen LogP contribution in [0.3, 0.4) is 0 Å². The zero-order chi connectivity index (χ0) is 12.0. The van der Waals surface area contributed by atoms with Gasteiger partial charge in [-0.1, -0.05) is 12.1 Å². The molecule has 0 aliphatic carbocycles. The Kier molecular flexibility index (Phi) is 4.47. The summed E-state index contributed by atoms with van der Waals surface area (Å²) in [6.45, 7) is 1.87. The van der Waals surface area contributed by atoms with E-state index in [2.05, 4.69) is 0 Å². The van der Waals surface area contributed by atoms with E-state index in [0.717, 1.165) is 0 Å². The van der Waals surface area contributed by atoms with Crippen molar-refractivity contribution in [2.45, 2.75) is 13.2 Å². The molecule has 0 bridgehead atoms. The molecule has 5 heteroatoms. The van der Waals surface area contributed by atoms with Crippen molar-refractivity contribution < 1.29 is 24.2 Å². The number of rotatable bonds is 6. The first-order chi connectivity index (χ1) is 7.69. The van der Waals surface area contributed by atoms with Crippen LogP contribution in [0, 0.1) is 0 Å². The normalized spacial score (nSPS) is 11.8. The van der Waals surface area contributed by atoms with Crippen LogP contribution in [-0.2, 0) is 9.53 Å². The van der Waals surface area contributed by atoms with E-state index in [1.165, 1.54) is 12.1 Å². The summed E-state index contributed by atoms with van der Waals surface area (Å²) in [6, 6.07) is 6.35. The van der Waals surface area contributed by atoms with Gasteiger partial charge in [-0.2, -0.15) is 0 Å². The van der Waals surface area contributed by atoms with Crippen molar-refractivity contribution >= 4 is 12.3 Å². The summed E-state index contributed by atoms with van der Waals surface area (Å²) in [5.41, 5.74) is 0.286. The molecule has 0 aromatic heterocycles. The predicted molar refractivity (Wildman–Crippen MR) is 55.5 cm³/mol. The summed E-state index contributed by atoms with van der Waals surface area (Å²) in [5, 5.41) is 8.79. The molecule has 1 aromatic carbocycles. The first kappa shape index (κ1) is 12.2. The Morgan fingerprint density at radius 1 is 1.50 bits per heavy atom. The maximum absolute atomic E-state index is 10.8. The van der Waals surface area contributed by atoms with Crippen LogP contribution >= 0.6 is 0 Å². The number of carbonyl (C=O) groups excluding carboxylic acids is 1. The number of aldehydes is 1. The number of carbonyl (C=O) groups is 2. The molecule has 5 nitrogen and oxygen atoms in total. The Bertz CT molecular complexity index is 374. The molecule has 0 radical (unpaired) electrons. The summed E-state index contributed by atoms with van der Waals surface area (Å²) >= 11 is 0. The minimum atomic E-state index is -1.40. The third-order valence-electron chi connectivity index (χ3n) is 1.80. The van der Waals surface area contributed by atoms with Gasteiger partial charge in [-0.05, 0) is 19.1 Å². The average molecular weight is 224 g/mol. The zero-order valence-corrected chi connectivity index (χ0v) is 8.75. The molecule has 0 heterocycles. The highest BCUT2D eigenvalue weighted by molar-refractivity contribution is 5.79. The van der Waals surface area contributed by atoms with E-state index in [1.54, 1.807) is 19.1 Å². The fourth-order valence-electron chi connectivity index (χ4n) is 1.11. The topological polar surface area (TPSA) is 72.8 Å². The molecule has 0 fully saturated rings. The molecule has 0 spiro atoms. The Morgan fingerprint density at radius 2 is 2.19 bits per heavy atom. The molecule has 1 aromatic rings. The number of carboxylic acid groups (broad SMARTS) is 1. The SMILES string of the molecule is CCOC(Oc1ccccc1C=O)C(=O)O. The van der Waals surface area contributed by atoms with E-state index in [-0.39, 0.29) is 17.9 Å². The van der Waals surface area contributed by atoms with Gasteiger partial charge in [0.05, 0.1) is 5.56 Å². The summed E-state index contributed by atoms with van der Waals surface area (Å²) in [4.78, 5) is 21.4. The monoisotopic (exact) mass is 224 g/mol. The van der Waals surface area contributed by atoms with Gasteiger partial charge in [-0.3, -0.25) is 4.79 Å². The van der Waals surface area contributed by atoms with Crippen molar-refractivity contribution in [3.63, 3.8) is 0 Å². The molecule has 0 amide bonds. The van der Waals surface area contributed by atoms with Crippen LogP contribution in [0.2, 0.25) is 0 Å². The smallest absolute Gasteiger partial charge is 0.373 e. The third kappa shape index (κ3) is 3.06. The molecular weight excluding hydrogens is 212 g/mol. The maximum atomic E-state index is 10.8. The van der Waals surface area contributed by atoms with E-state index < -0.39 is 12.3 Å². The molecule has 1 N–H and O–H groups in total. The second-order valence-corrected chi connectivity index (χ2v) is 2.90. The van der Waals surface area contributed by atoms with Crippen LogP contribution in [0.4, 0.5) is 0 Å². The lowest BCUT2D eigenvalue weighted by molar-refractivity contribution is -0.170. The predicted octanol–water partition coefficient (Wildman–Crippen LogP) is 1.33. The highest BCUT2D eigenvalue weighted by Gasteiger charge is 2.20. The first-order valence-corrected chi connectivity index (χ1v) is 4.74. The van der Waals surface area contributed by atoms with Crippen LogP contribution in [0.15, 0.2) is 24.3 Å². The molecule has 0 saturated heterocycles. The largest absolute Gasteiger partial charge is 0.477 e. The highest BCUT2D eigenvalue weighted by atomic mass is 16.7. The van der Waals surface area contributed by atoms with E-state index in [1.807, 2.05) is 0 Å². The van der Waals surface area contributed by atoms with Gasteiger partial charge < -0.3 is 14.6 Å². The summed E-state index contributed by atoms with van der Waals surface area (Å²) in [5.74, 6) is -1.04. The minimum Gasteiger partial charge on any atom is -0.477 e. The number of aliphatic carboxylic acids is 1. The quantitative estimate of drug-likeness (QED) is 0.582. The maximum Gasteiger partial charge on any atom is 0.373 e. The number of benzene rings is 1. The van der Waals surface area contributed by atoms with Crippen LogP contribution in [0.1, 0.15) is 17.3 Å². The highest BCUT2D eigenvalue weighted by Crippen LogP contribution is 2.17. The van der Waals surface area contributed by atoms with Gasteiger partial charge in [-0.15, -0.1) is 0 Å². The fourth-order valence-corrected chi connectivity index (χ4v) is 1.11. The Hall–Kier alpha value is -1.88. The molecule has 1 rings (SSSR count). The first-order valence-electron chi connectivity index (χ1n) is 4.74. The second-order valence-electron chi connectivity index (χ2n) is 2.90. The van der Waals surface area contributed by atoms with Crippen molar-refractivity contribution in [1.82, 2.24) is 0 Å². The van der Waals surface area contributed by atoms with Crippen LogP contribution in [0.25, 0.3) is 0 Å². The summed E-state index contributed by atoms with van der Waals surface area (Å²) < 4.78 is 9.95. The molecular formula is C11H12O5. The second kappa shape index (κ2) is 5.87. The Balaban J connectivity index is 2.84. The summed E-state index contributed by atoms with van der Waals surface area (Å²) in [7, 11) is 0. The lowest BCUT2D eigenvalue weighted by Crippen LogP contribution is -2.30. The Morgan fingerprint density at radius 3 is 2.75 bits per heavy atom. The van der Waals surface area contributed by atoms with Gasteiger partial charge in [0.15, 0.2) is 6.29 Å². The van der Waals surface area contributed by atoms with Crippen LogP contribution < -0.4 is 4.74 Å². The van der Waals surface area contributed by atoms with Gasteiger partial charge in [-0.25, -0.2) is 4.79 Å². The number of hydrogen-bond acceptors (Lipinski definition) is 4. The number of ether oxygens (including phenoxy) is 2. The van der Waals surface area contributed by atoms with E-state index in [4.69, 9.17) is 14.6 Å². The van der Waals surface area contributed by atoms with E-state index in [0.29, 0.717) is 6.29 Å². The van der Waals surface area contributed by atoms with Gasteiger partial charge in [0, 0.05) is 6.61 Å². The molecule has 1 unspecified atom stereocenters. The van der Waals surface area contributed by atoms with Crippen molar-refractivity contribution in [3.8, 4) is 5.75 Å². The molecule has 0 aliphatic rings. The molecule has 16 heavy (non-hydrogen) atoms. The Labute approximate surface area is 92.6 Å². The fraction of sp³-hybridized carbons (Fsp3) is 0.273. The van der Waals surface area contributed by atoms with Gasteiger partial charge in [0.25, 0.3) is 6.29 Å². The van der Waals surface area contributed by atoms with Crippen molar-refractivity contribution in [2.24, 2.45) is 0 Å². The van der Waals surface area contributed by atoms with E-state index >= 15 is 0 Å². The number of para-hydroxylation sites is 1. The zero-order valence-electron chi connectivity index (χ0n) is 8.75. The summed E-state index contributed by atoms with van der Waals surface area (Å²) in [6.07, 6.45) is -0.800. The number of carboxylic acids is 1. The molecule has 1 atom stereocenters. The molecule has 0 aliphatic heterocycles. The van der Waals surface area contributed by atoms with Crippen molar-refractivity contribution in [1.29, 1.82) is 0 Å². The third-order valence-corrected chi connectivity index (χ3v) is 1.80. The van der Waals surface area contributed by atoms with Gasteiger partial charge in [0.1, 0.15) is 5.75 Å². The molecule has 86 valence electrons. The van der Waals surface area contributed by atoms with Gasteiger partial charge in [0.2, 0.25) is 0 Å². The molecule has 0 saturated carbocycles. The van der Waals surface area contributed by atoms with E-state index in [9.17, 15) is 9.59 Å². The lowest BCUT2D eigenvalue weighted by Gasteiger charge is -2.15.